The number of carbonyl (C=O) groups excluding carboxylic acids is 1. The molecule has 0 unspecified atom stereocenters. The number of rotatable bonds is 10. The summed E-state index contributed by atoms with van der Waals surface area (Å²) in [6, 6.07) is 48.4. The van der Waals surface area contributed by atoms with Gasteiger partial charge in [0.1, 0.15) is 6.29 Å². The van der Waals surface area contributed by atoms with E-state index in [0.29, 0.717) is 5.56 Å². The molecule has 0 heterocycles. The molecule has 0 amide bonds. The Bertz CT molecular complexity index is 2010. The number of hydrogen-bond acceptors (Lipinski definition) is 2. The van der Waals surface area contributed by atoms with Crippen molar-refractivity contribution in [2.24, 2.45) is 0 Å². The highest BCUT2D eigenvalue weighted by Crippen LogP contribution is 2.42. The Labute approximate surface area is 283 Å². The largest absolute Gasteiger partial charge is 0.309 e. The van der Waals surface area contributed by atoms with Gasteiger partial charge in [0.05, 0.1) is 0 Å². The summed E-state index contributed by atoms with van der Waals surface area (Å²) in [5.74, 6) is 0. The smallest absolute Gasteiger partial charge is 0.171 e. The van der Waals surface area contributed by atoms with Crippen molar-refractivity contribution in [3.05, 3.63) is 196 Å². The second-order valence-corrected chi connectivity index (χ2v) is 14.8. The predicted octanol–water partition coefficient (Wildman–Crippen LogP) is 10.3. The van der Waals surface area contributed by atoms with E-state index in [2.05, 4.69) is 86.7 Å². The molecule has 6 rings (SSSR count). The van der Waals surface area contributed by atoms with Crippen LogP contribution in [0, 0.1) is 13.8 Å². The number of hydrogen-bond donors (Lipinski definition) is 0. The number of aryl methyl sites for hydroxylation is 2. The molecule has 0 aliphatic rings. The van der Waals surface area contributed by atoms with Crippen LogP contribution in [0.4, 0.5) is 0 Å². The molecule has 3 heteroatoms. The van der Waals surface area contributed by atoms with Gasteiger partial charge in [-0.15, -0.1) is 0 Å². The maximum Gasteiger partial charge on any atom is 0.171 e. The van der Waals surface area contributed by atoms with Crippen LogP contribution < -0.4 is 15.9 Å². The molecule has 0 bridgehead atoms. The molecular formula is C45H37O2P. The summed E-state index contributed by atoms with van der Waals surface area (Å²) >= 11 is 0. The third kappa shape index (κ3) is 7.86. The highest BCUT2D eigenvalue weighted by molar-refractivity contribution is 7.85. The molecule has 0 atom stereocenters. The topological polar surface area (TPSA) is 34.1 Å². The highest BCUT2D eigenvalue weighted by atomic mass is 31.2. The summed E-state index contributed by atoms with van der Waals surface area (Å²) in [5.41, 5.74) is 9.49. The minimum absolute atomic E-state index is 0.651. The summed E-state index contributed by atoms with van der Waals surface area (Å²) in [6.45, 7) is 4.17. The van der Waals surface area contributed by atoms with E-state index in [1.807, 2.05) is 97.1 Å². The van der Waals surface area contributed by atoms with E-state index >= 15 is 4.57 Å². The molecule has 2 nitrogen and oxygen atoms in total. The van der Waals surface area contributed by atoms with Crippen LogP contribution in [0.25, 0.3) is 36.5 Å². The maximum atomic E-state index is 15.3. The normalized spacial score (nSPS) is 11.9. The Morgan fingerprint density at radius 3 is 0.792 bits per heavy atom. The van der Waals surface area contributed by atoms with Crippen molar-refractivity contribution in [1.82, 2.24) is 0 Å². The fraction of sp³-hybridized carbons (Fsp3) is 0.0444. The van der Waals surface area contributed by atoms with Crippen molar-refractivity contribution in [2.75, 3.05) is 0 Å². The van der Waals surface area contributed by atoms with Gasteiger partial charge in [0.15, 0.2) is 7.14 Å². The Balaban J connectivity index is 1.30. The third-order valence-corrected chi connectivity index (χ3v) is 11.5. The van der Waals surface area contributed by atoms with Gasteiger partial charge >= 0.3 is 0 Å². The monoisotopic (exact) mass is 640 g/mol. The van der Waals surface area contributed by atoms with Crippen LogP contribution in [0.2, 0.25) is 0 Å². The fourth-order valence-electron chi connectivity index (χ4n) is 5.45. The maximum absolute atomic E-state index is 15.3. The van der Waals surface area contributed by atoms with Crippen LogP contribution in [-0.2, 0) is 4.57 Å². The molecule has 0 aliphatic carbocycles. The summed E-state index contributed by atoms with van der Waals surface area (Å²) in [5, 5.41) is 2.36. The van der Waals surface area contributed by atoms with Crippen molar-refractivity contribution in [1.29, 1.82) is 0 Å². The van der Waals surface area contributed by atoms with Gasteiger partial charge in [0.25, 0.3) is 0 Å². The van der Waals surface area contributed by atoms with Crippen LogP contribution >= 0.6 is 7.14 Å². The van der Waals surface area contributed by atoms with E-state index in [0.717, 1.165) is 55.6 Å². The van der Waals surface area contributed by atoms with Crippen molar-refractivity contribution < 1.29 is 9.36 Å². The van der Waals surface area contributed by atoms with Crippen LogP contribution in [0.1, 0.15) is 54.9 Å². The molecule has 0 aromatic heterocycles. The highest BCUT2D eigenvalue weighted by Gasteiger charge is 2.29. The molecule has 234 valence electrons. The molecule has 0 radical (unpaired) electrons. The molecule has 6 aromatic rings. The van der Waals surface area contributed by atoms with Crippen LogP contribution in [-0.4, -0.2) is 6.29 Å². The van der Waals surface area contributed by atoms with Crippen molar-refractivity contribution in [3.63, 3.8) is 0 Å². The summed E-state index contributed by atoms with van der Waals surface area (Å²) in [7, 11) is -3.19. The number of benzene rings is 6. The lowest BCUT2D eigenvalue weighted by molar-refractivity contribution is 0.112. The minimum atomic E-state index is -3.19. The lowest BCUT2D eigenvalue weighted by atomic mass is 10.1. The van der Waals surface area contributed by atoms with E-state index in [-0.39, 0.29) is 0 Å². The zero-order chi connectivity index (χ0) is 33.3. The van der Waals surface area contributed by atoms with Crippen LogP contribution in [0.15, 0.2) is 146 Å². The first-order valence-corrected chi connectivity index (χ1v) is 17.7. The molecule has 0 N–H and O–H groups in total. The average molecular weight is 641 g/mol. The number of carbonyl (C=O) groups is 1. The Morgan fingerprint density at radius 1 is 0.333 bits per heavy atom. The van der Waals surface area contributed by atoms with Gasteiger partial charge in [-0.1, -0.05) is 193 Å². The van der Waals surface area contributed by atoms with Crippen molar-refractivity contribution in [3.8, 4) is 0 Å². The van der Waals surface area contributed by atoms with Gasteiger partial charge in [0.2, 0.25) is 0 Å². The quantitative estimate of drug-likeness (QED) is 0.0848. The first-order valence-electron chi connectivity index (χ1n) is 16.0. The zero-order valence-electron chi connectivity index (χ0n) is 27.2. The van der Waals surface area contributed by atoms with E-state index < -0.39 is 7.14 Å². The van der Waals surface area contributed by atoms with E-state index in [1.54, 1.807) is 12.1 Å². The predicted molar refractivity (Wildman–Crippen MR) is 207 cm³/mol. The standard InChI is InChI=1S/C45H37O2P/c1-34-3-7-36(8-4-34)11-14-39-21-27-43(28-22-39)48(47,44-29-23-40(24-30-44)15-12-37-9-5-35(2)6-10-37)45-31-25-41(26-32-45)16-13-38-17-19-42(33-46)20-18-38/h3-33H,1-2H3/b14-11+,15-12+,16-13+. The molecule has 0 aliphatic heterocycles. The van der Waals surface area contributed by atoms with Gasteiger partial charge < -0.3 is 4.57 Å². The second-order valence-electron chi connectivity index (χ2n) is 12.0. The van der Waals surface area contributed by atoms with Crippen molar-refractivity contribution >= 4 is 65.8 Å². The van der Waals surface area contributed by atoms with Crippen LogP contribution in [0.5, 0.6) is 0 Å². The van der Waals surface area contributed by atoms with E-state index in [9.17, 15) is 4.79 Å². The summed E-state index contributed by atoms with van der Waals surface area (Å²) in [4.78, 5) is 11.0. The average Bonchev–Trinajstić information content (AvgIpc) is 3.14. The lowest BCUT2D eigenvalue weighted by Gasteiger charge is -2.20. The van der Waals surface area contributed by atoms with Gasteiger partial charge in [-0.2, -0.15) is 0 Å². The van der Waals surface area contributed by atoms with Gasteiger partial charge in [0, 0.05) is 21.5 Å². The molecule has 6 aromatic carbocycles. The molecule has 0 spiro atoms. The SMILES string of the molecule is Cc1ccc(/C=C/c2ccc(P(=O)(c3ccc(/C=C/c4ccc(C)cc4)cc3)c3ccc(/C=C/c4ccc(C=O)cc4)cc3)cc2)cc1. The first-order chi connectivity index (χ1) is 23.4. The fourth-order valence-corrected chi connectivity index (χ4v) is 8.05. The summed E-state index contributed by atoms with van der Waals surface area (Å²) in [6.07, 6.45) is 13.2. The van der Waals surface area contributed by atoms with Gasteiger partial charge in [-0.3, -0.25) is 4.79 Å². The summed E-state index contributed by atoms with van der Waals surface area (Å²) < 4.78 is 15.3. The Kier molecular flexibility index (Phi) is 10.1. The van der Waals surface area contributed by atoms with E-state index in [4.69, 9.17) is 0 Å². The molecule has 0 saturated carbocycles. The third-order valence-electron chi connectivity index (χ3n) is 8.40. The number of aldehydes is 1. The van der Waals surface area contributed by atoms with Crippen LogP contribution in [0.3, 0.4) is 0 Å². The second kappa shape index (κ2) is 14.9. The van der Waals surface area contributed by atoms with Crippen molar-refractivity contribution in [2.45, 2.75) is 13.8 Å². The Hall–Kier alpha value is -5.56. The Morgan fingerprint density at radius 2 is 0.542 bits per heavy atom. The van der Waals surface area contributed by atoms with Gasteiger partial charge in [-0.05, 0) is 47.2 Å². The van der Waals surface area contributed by atoms with Gasteiger partial charge in [-0.25, -0.2) is 0 Å². The molecule has 0 saturated heterocycles. The lowest BCUT2D eigenvalue weighted by Crippen LogP contribution is -2.25. The first kappa shape index (κ1) is 32.4. The zero-order valence-corrected chi connectivity index (χ0v) is 28.1. The van der Waals surface area contributed by atoms with E-state index in [1.165, 1.54) is 11.1 Å². The minimum Gasteiger partial charge on any atom is -0.309 e. The molecular weight excluding hydrogens is 603 g/mol. The molecule has 48 heavy (non-hydrogen) atoms. The molecule has 0 fully saturated rings.